The fraction of sp³-hybridized carbons (Fsp3) is 0.0909. The first-order chi connectivity index (χ1) is 7.99. The van der Waals surface area contributed by atoms with Gasteiger partial charge in [-0.05, 0) is 12.1 Å². The van der Waals surface area contributed by atoms with E-state index < -0.39 is 5.82 Å². The lowest BCUT2D eigenvalue weighted by Crippen LogP contribution is -1.90. The summed E-state index contributed by atoms with van der Waals surface area (Å²) in [7, 11) is 0. The third kappa shape index (κ3) is 2.49. The Balaban J connectivity index is 2.52. The highest BCUT2D eigenvalue weighted by Gasteiger charge is 2.13. The standard InChI is InChI=1S/C11H6Cl2FNOS/c1-5(16)11-15-10(4-17-11)6-2-9(14)8(13)3-7(6)12/h2-4H,1H3. The van der Waals surface area contributed by atoms with Crippen LogP contribution in [0, 0.1) is 5.82 Å². The van der Waals surface area contributed by atoms with Crippen LogP contribution in [0.1, 0.15) is 16.7 Å². The Morgan fingerprint density at radius 2 is 2.06 bits per heavy atom. The van der Waals surface area contributed by atoms with Gasteiger partial charge < -0.3 is 0 Å². The second-order valence-corrected chi connectivity index (χ2v) is 5.01. The van der Waals surface area contributed by atoms with E-state index in [1.54, 1.807) is 5.38 Å². The smallest absolute Gasteiger partial charge is 0.188 e. The molecule has 2 aromatic rings. The van der Waals surface area contributed by atoms with Crippen LogP contribution in [0.15, 0.2) is 17.5 Å². The summed E-state index contributed by atoms with van der Waals surface area (Å²) in [4.78, 5) is 15.2. The fourth-order valence-corrected chi connectivity index (χ4v) is 2.48. The summed E-state index contributed by atoms with van der Waals surface area (Å²) in [6, 6.07) is 2.53. The molecule has 0 fully saturated rings. The van der Waals surface area contributed by atoms with Crippen molar-refractivity contribution in [2.24, 2.45) is 0 Å². The third-order valence-corrected chi connectivity index (χ3v) is 3.64. The summed E-state index contributed by atoms with van der Waals surface area (Å²) in [6.45, 7) is 1.42. The number of ketones is 1. The molecule has 0 saturated carbocycles. The maximum atomic E-state index is 13.3. The lowest BCUT2D eigenvalue weighted by Gasteiger charge is -2.02. The van der Waals surface area contributed by atoms with Crippen LogP contribution < -0.4 is 0 Å². The summed E-state index contributed by atoms with van der Waals surface area (Å²) >= 11 is 12.7. The van der Waals surface area contributed by atoms with E-state index in [1.165, 1.54) is 30.4 Å². The molecule has 0 amide bonds. The molecule has 1 heterocycles. The second kappa shape index (κ2) is 4.72. The molecule has 6 heteroatoms. The van der Waals surface area contributed by atoms with Crippen LogP contribution in [0.3, 0.4) is 0 Å². The van der Waals surface area contributed by atoms with Gasteiger partial charge in [-0.25, -0.2) is 9.37 Å². The van der Waals surface area contributed by atoms with E-state index in [-0.39, 0.29) is 10.8 Å². The molecule has 0 spiro atoms. The van der Waals surface area contributed by atoms with Crippen LogP contribution in [-0.2, 0) is 0 Å². The highest BCUT2D eigenvalue weighted by atomic mass is 35.5. The van der Waals surface area contributed by atoms with Gasteiger partial charge in [0.25, 0.3) is 0 Å². The number of rotatable bonds is 2. The lowest BCUT2D eigenvalue weighted by molar-refractivity contribution is 0.101. The van der Waals surface area contributed by atoms with Crippen LogP contribution >= 0.6 is 34.5 Å². The maximum absolute atomic E-state index is 13.3. The van der Waals surface area contributed by atoms with E-state index in [0.717, 1.165) is 0 Å². The summed E-state index contributed by atoms with van der Waals surface area (Å²) in [5.41, 5.74) is 0.901. The van der Waals surface area contributed by atoms with Gasteiger partial charge in [-0.15, -0.1) is 11.3 Å². The van der Waals surface area contributed by atoms with Crippen molar-refractivity contribution in [3.05, 3.63) is 38.4 Å². The van der Waals surface area contributed by atoms with Crippen LogP contribution in [0.4, 0.5) is 4.39 Å². The molecule has 17 heavy (non-hydrogen) atoms. The van der Waals surface area contributed by atoms with Crippen molar-refractivity contribution < 1.29 is 9.18 Å². The van der Waals surface area contributed by atoms with Crippen LogP contribution in [-0.4, -0.2) is 10.8 Å². The number of Topliss-reactive ketones (excluding diaryl/α,β-unsaturated/α-hetero) is 1. The number of carbonyl (C=O) groups is 1. The summed E-state index contributed by atoms with van der Waals surface area (Å²) < 4.78 is 13.3. The quantitative estimate of drug-likeness (QED) is 0.604. The van der Waals surface area contributed by atoms with Crippen LogP contribution in [0.5, 0.6) is 0 Å². The molecule has 2 rings (SSSR count). The van der Waals surface area contributed by atoms with Gasteiger partial charge in [-0.1, -0.05) is 23.2 Å². The highest BCUT2D eigenvalue weighted by molar-refractivity contribution is 7.12. The molecule has 0 atom stereocenters. The average Bonchev–Trinajstić information content (AvgIpc) is 2.72. The summed E-state index contributed by atoms with van der Waals surface area (Å²) in [5, 5.41) is 2.29. The third-order valence-electron chi connectivity index (χ3n) is 2.09. The number of hydrogen-bond donors (Lipinski definition) is 0. The minimum Gasteiger partial charge on any atom is -0.292 e. The largest absolute Gasteiger partial charge is 0.292 e. The number of aromatic nitrogens is 1. The zero-order chi connectivity index (χ0) is 12.6. The van der Waals surface area contributed by atoms with E-state index in [0.29, 0.717) is 21.3 Å². The molecule has 0 N–H and O–H groups in total. The monoisotopic (exact) mass is 289 g/mol. The molecule has 0 radical (unpaired) electrons. The number of halogens is 3. The molecular weight excluding hydrogens is 284 g/mol. The summed E-state index contributed by atoms with van der Waals surface area (Å²) in [6.07, 6.45) is 0. The number of thiazole rings is 1. The first-order valence-corrected chi connectivity index (χ1v) is 6.24. The van der Waals surface area contributed by atoms with Gasteiger partial charge >= 0.3 is 0 Å². The Morgan fingerprint density at radius 1 is 1.35 bits per heavy atom. The summed E-state index contributed by atoms with van der Waals surface area (Å²) in [5.74, 6) is -0.699. The first kappa shape index (κ1) is 12.5. The van der Waals surface area contributed by atoms with Gasteiger partial charge in [0.05, 0.1) is 15.7 Å². The van der Waals surface area contributed by atoms with Crippen LogP contribution in [0.2, 0.25) is 10.0 Å². The van der Waals surface area contributed by atoms with Gasteiger partial charge in [0.1, 0.15) is 5.82 Å². The number of hydrogen-bond acceptors (Lipinski definition) is 3. The Morgan fingerprint density at radius 3 is 2.65 bits per heavy atom. The van der Waals surface area contributed by atoms with Gasteiger partial charge in [0.15, 0.2) is 10.8 Å². The van der Waals surface area contributed by atoms with Crippen molar-refractivity contribution in [1.82, 2.24) is 4.98 Å². The number of carbonyl (C=O) groups excluding carboxylic acids is 1. The second-order valence-electron chi connectivity index (χ2n) is 3.34. The SMILES string of the molecule is CC(=O)c1nc(-c2cc(F)c(Cl)cc2Cl)cs1. The van der Waals surface area contributed by atoms with Crippen LogP contribution in [0.25, 0.3) is 11.3 Å². The molecule has 0 aliphatic rings. The molecule has 0 aliphatic heterocycles. The molecule has 2 nitrogen and oxygen atoms in total. The van der Waals surface area contributed by atoms with E-state index in [1.807, 2.05) is 0 Å². The topological polar surface area (TPSA) is 30.0 Å². The zero-order valence-electron chi connectivity index (χ0n) is 8.63. The molecule has 0 bridgehead atoms. The predicted molar refractivity (Wildman–Crippen MR) is 67.5 cm³/mol. The zero-order valence-corrected chi connectivity index (χ0v) is 11.0. The minimum atomic E-state index is -0.566. The Bertz CT molecular complexity index is 597. The molecule has 0 aliphatic carbocycles. The van der Waals surface area contributed by atoms with Gasteiger partial charge in [0.2, 0.25) is 0 Å². The molecule has 0 saturated heterocycles. The van der Waals surface area contributed by atoms with Gasteiger partial charge in [-0.2, -0.15) is 0 Å². The Hall–Kier alpha value is -0.970. The van der Waals surface area contributed by atoms with Crippen molar-refractivity contribution in [3.8, 4) is 11.3 Å². The first-order valence-electron chi connectivity index (χ1n) is 4.60. The molecule has 0 unspecified atom stereocenters. The minimum absolute atomic E-state index is 0.0410. The lowest BCUT2D eigenvalue weighted by atomic mass is 10.1. The van der Waals surface area contributed by atoms with Gasteiger partial charge in [0, 0.05) is 17.9 Å². The predicted octanol–water partition coefficient (Wildman–Crippen LogP) is 4.46. The van der Waals surface area contributed by atoms with Gasteiger partial charge in [-0.3, -0.25) is 4.79 Å². The van der Waals surface area contributed by atoms with E-state index in [4.69, 9.17) is 23.2 Å². The number of nitrogens with zero attached hydrogens (tertiary/aromatic N) is 1. The maximum Gasteiger partial charge on any atom is 0.188 e. The van der Waals surface area contributed by atoms with Crippen molar-refractivity contribution in [1.29, 1.82) is 0 Å². The van der Waals surface area contributed by atoms with Crippen molar-refractivity contribution >= 4 is 40.3 Å². The van der Waals surface area contributed by atoms with E-state index in [2.05, 4.69) is 4.98 Å². The Kier molecular flexibility index (Phi) is 3.47. The van der Waals surface area contributed by atoms with Crippen molar-refractivity contribution in [2.45, 2.75) is 6.92 Å². The van der Waals surface area contributed by atoms with E-state index in [9.17, 15) is 9.18 Å². The molecular formula is C11H6Cl2FNOS. The highest BCUT2D eigenvalue weighted by Crippen LogP contribution is 2.32. The van der Waals surface area contributed by atoms with E-state index >= 15 is 0 Å². The molecule has 1 aromatic carbocycles. The van der Waals surface area contributed by atoms with Crippen molar-refractivity contribution in [3.63, 3.8) is 0 Å². The van der Waals surface area contributed by atoms with Crippen molar-refractivity contribution in [2.75, 3.05) is 0 Å². The number of benzene rings is 1. The normalized spacial score (nSPS) is 10.6. The molecule has 1 aromatic heterocycles. The fourth-order valence-electron chi connectivity index (χ4n) is 1.28. The molecule has 88 valence electrons. The average molecular weight is 290 g/mol. The Labute approximate surface area is 111 Å².